The number of fused-ring (bicyclic) bond motifs is 1. The largest absolute Gasteiger partial charge is 0.420 e. The number of aliphatic hydroxyl groups is 1. The number of hydrogen-bond donors (Lipinski definition) is 3. The number of benzene rings is 1. The van der Waals surface area contributed by atoms with Gasteiger partial charge in [-0.05, 0) is 48.6 Å². The number of carbonyl (C=O) groups excluding carboxylic acids is 1. The van der Waals surface area contributed by atoms with Crippen molar-refractivity contribution in [2.45, 2.75) is 41.9 Å². The predicted molar refractivity (Wildman–Crippen MR) is 161 cm³/mol. The van der Waals surface area contributed by atoms with Gasteiger partial charge in [-0.1, -0.05) is 0 Å². The van der Waals surface area contributed by atoms with Crippen molar-refractivity contribution in [3.05, 3.63) is 46.5 Å². The number of amides is 1. The Balaban J connectivity index is 1.24. The van der Waals surface area contributed by atoms with Crippen LogP contribution in [0.5, 0.6) is 0 Å². The van der Waals surface area contributed by atoms with Crippen molar-refractivity contribution in [1.82, 2.24) is 20.2 Å². The molecule has 1 saturated carbocycles. The van der Waals surface area contributed by atoms with Gasteiger partial charge in [0, 0.05) is 49.8 Å². The lowest BCUT2D eigenvalue weighted by Gasteiger charge is -2.36. The Kier molecular flexibility index (Phi) is 7.75. The molecule has 3 N–H and O–H groups in total. The SMILES string of the molecule is O=C1c2sc(-c3nc(Nc4ccc(N5CCNC(CO)C5)cc4C4CC4)ncc3C(F)(F)F)cc2S(=O)(=O)CCN1C1COC1. The molecule has 1 aromatic carbocycles. The Hall–Kier alpha value is -3.31. The number of rotatable bonds is 7. The molecule has 4 aliphatic rings. The van der Waals surface area contributed by atoms with E-state index in [-0.39, 0.29) is 70.7 Å². The minimum atomic E-state index is -4.83. The second-order valence-corrected chi connectivity index (χ2v) is 14.8. The third kappa shape index (κ3) is 5.89. The van der Waals surface area contributed by atoms with Crippen LogP contribution in [0.4, 0.5) is 30.5 Å². The molecule has 5 heterocycles. The summed E-state index contributed by atoms with van der Waals surface area (Å²) in [5.41, 5.74) is 1.02. The minimum absolute atomic E-state index is 0.0138. The van der Waals surface area contributed by atoms with Gasteiger partial charge in [-0.2, -0.15) is 13.2 Å². The number of piperazine rings is 1. The second-order valence-electron chi connectivity index (χ2n) is 11.7. The van der Waals surface area contributed by atoms with E-state index in [1.54, 1.807) is 0 Å². The molecule has 3 fully saturated rings. The van der Waals surface area contributed by atoms with Crippen LogP contribution in [-0.2, 0) is 20.8 Å². The van der Waals surface area contributed by atoms with Gasteiger partial charge in [0.1, 0.15) is 10.4 Å². The number of anilines is 3. The molecule has 0 radical (unpaired) electrons. The summed E-state index contributed by atoms with van der Waals surface area (Å²) in [5.74, 6) is -0.678. The Morgan fingerprint density at radius 3 is 2.67 bits per heavy atom. The monoisotopic (exact) mass is 664 g/mol. The van der Waals surface area contributed by atoms with Crippen molar-refractivity contribution >= 4 is 44.4 Å². The normalized spacial score (nSPS) is 22.1. The average molecular weight is 665 g/mol. The number of alkyl halides is 3. The van der Waals surface area contributed by atoms with E-state index in [2.05, 4.69) is 31.6 Å². The number of halogens is 3. The van der Waals surface area contributed by atoms with Crippen molar-refractivity contribution in [3.63, 3.8) is 0 Å². The van der Waals surface area contributed by atoms with E-state index in [0.717, 1.165) is 43.2 Å². The molecule has 16 heteroatoms. The van der Waals surface area contributed by atoms with Gasteiger partial charge in [-0.25, -0.2) is 18.4 Å². The van der Waals surface area contributed by atoms with E-state index in [9.17, 15) is 31.5 Å². The Morgan fingerprint density at radius 1 is 1.18 bits per heavy atom. The smallest absolute Gasteiger partial charge is 0.395 e. The molecule has 11 nitrogen and oxygen atoms in total. The lowest BCUT2D eigenvalue weighted by molar-refractivity contribution is -0.137. The maximum Gasteiger partial charge on any atom is 0.420 e. The fraction of sp³-hybridized carbons (Fsp3) is 0.483. The predicted octanol–water partition coefficient (Wildman–Crippen LogP) is 3.24. The molecule has 2 aromatic heterocycles. The summed E-state index contributed by atoms with van der Waals surface area (Å²) >= 11 is 0.693. The highest BCUT2D eigenvalue weighted by Gasteiger charge is 2.41. The zero-order valence-corrected chi connectivity index (χ0v) is 25.6. The highest BCUT2D eigenvalue weighted by atomic mass is 32.2. The van der Waals surface area contributed by atoms with Gasteiger partial charge in [0.15, 0.2) is 9.84 Å². The summed E-state index contributed by atoms with van der Waals surface area (Å²) in [6.45, 7) is 2.72. The molecule has 240 valence electrons. The van der Waals surface area contributed by atoms with Crippen molar-refractivity contribution in [3.8, 4) is 10.6 Å². The van der Waals surface area contributed by atoms with E-state index < -0.39 is 33.2 Å². The van der Waals surface area contributed by atoms with Crippen LogP contribution in [0, 0.1) is 0 Å². The number of thiophene rings is 1. The van der Waals surface area contributed by atoms with Crippen LogP contribution in [0.15, 0.2) is 35.4 Å². The van der Waals surface area contributed by atoms with Crippen molar-refractivity contribution in [2.75, 3.05) is 62.0 Å². The van der Waals surface area contributed by atoms with Crippen LogP contribution >= 0.6 is 11.3 Å². The first-order valence-electron chi connectivity index (χ1n) is 14.7. The van der Waals surface area contributed by atoms with Gasteiger partial charge in [0.05, 0.1) is 47.1 Å². The standard InChI is InChI=1S/C29H31F3N6O5S2/c30-29(31,32)21-11-34-28(35-22-4-3-18(9-20(22)16-1-2-16)37-6-5-33-17(12-37)13-39)36-25(21)23-10-24-26(44-23)27(40)38(19-14-43-15-19)7-8-45(24,41)42/h3-4,9-11,16-17,19,33,39H,1-2,5-8,12-15H2,(H,34,35,36). The van der Waals surface area contributed by atoms with Crippen molar-refractivity contribution in [2.24, 2.45) is 0 Å². The van der Waals surface area contributed by atoms with Crippen LogP contribution in [0.3, 0.4) is 0 Å². The van der Waals surface area contributed by atoms with E-state index in [0.29, 0.717) is 29.8 Å². The minimum Gasteiger partial charge on any atom is -0.395 e. The first-order chi connectivity index (χ1) is 21.5. The van der Waals surface area contributed by atoms with Gasteiger partial charge < -0.3 is 30.3 Å². The van der Waals surface area contributed by atoms with Crippen LogP contribution in [0.25, 0.3) is 10.6 Å². The number of nitrogens with zero attached hydrogens (tertiary/aromatic N) is 4. The molecule has 1 amide bonds. The summed E-state index contributed by atoms with van der Waals surface area (Å²) in [5, 5.41) is 16.0. The van der Waals surface area contributed by atoms with Gasteiger partial charge in [-0.15, -0.1) is 11.3 Å². The van der Waals surface area contributed by atoms with Crippen LogP contribution in [0.1, 0.15) is 39.6 Å². The Bertz CT molecular complexity index is 1740. The fourth-order valence-electron chi connectivity index (χ4n) is 5.92. The lowest BCUT2D eigenvalue weighted by Crippen LogP contribution is -2.52. The van der Waals surface area contributed by atoms with Crippen LogP contribution in [-0.4, -0.2) is 98.1 Å². The quantitative estimate of drug-likeness (QED) is 0.345. The molecule has 2 saturated heterocycles. The maximum absolute atomic E-state index is 14.2. The highest BCUT2D eigenvalue weighted by Crippen LogP contribution is 2.46. The number of ether oxygens (including phenoxy) is 1. The summed E-state index contributed by atoms with van der Waals surface area (Å²) in [4.78, 5) is 24.8. The first kappa shape index (κ1) is 30.3. The molecule has 0 spiro atoms. The van der Waals surface area contributed by atoms with Gasteiger partial charge in [-0.3, -0.25) is 4.79 Å². The number of nitrogens with one attached hydrogen (secondary N) is 2. The van der Waals surface area contributed by atoms with E-state index >= 15 is 0 Å². The number of aliphatic hydroxyl groups excluding tert-OH is 1. The molecule has 45 heavy (non-hydrogen) atoms. The zero-order valence-electron chi connectivity index (χ0n) is 24.0. The number of carbonyl (C=O) groups is 1. The van der Waals surface area contributed by atoms with Crippen molar-refractivity contribution < 1.29 is 36.2 Å². The molecule has 1 aliphatic carbocycles. The summed E-state index contributed by atoms with van der Waals surface area (Å²) in [6, 6.07) is 6.66. The topological polar surface area (TPSA) is 137 Å². The van der Waals surface area contributed by atoms with Crippen LogP contribution in [0.2, 0.25) is 0 Å². The molecule has 3 aromatic rings. The summed E-state index contributed by atoms with van der Waals surface area (Å²) < 4.78 is 74.1. The summed E-state index contributed by atoms with van der Waals surface area (Å²) in [6.07, 6.45) is -2.19. The lowest BCUT2D eigenvalue weighted by atomic mass is 10.1. The third-order valence-corrected chi connectivity index (χ3v) is 11.6. The maximum atomic E-state index is 14.2. The molecule has 1 atom stereocenters. The molecule has 0 bridgehead atoms. The molecular formula is C29H31F3N6O5S2. The fourth-order valence-corrected chi connectivity index (χ4v) is 8.83. The van der Waals surface area contributed by atoms with E-state index in [1.165, 1.54) is 4.90 Å². The summed E-state index contributed by atoms with van der Waals surface area (Å²) in [7, 11) is -3.94. The number of hydrogen-bond acceptors (Lipinski definition) is 11. The first-order valence-corrected chi connectivity index (χ1v) is 17.2. The Morgan fingerprint density at radius 2 is 1.98 bits per heavy atom. The van der Waals surface area contributed by atoms with E-state index in [1.807, 2.05) is 12.1 Å². The number of sulfone groups is 1. The molecule has 3 aliphatic heterocycles. The molecule has 1 unspecified atom stereocenters. The zero-order chi connectivity index (χ0) is 31.5. The van der Waals surface area contributed by atoms with Crippen LogP contribution < -0.4 is 15.5 Å². The molecule has 7 rings (SSSR count). The molecular weight excluding hydrogens is 633 g/mol. The Labute approximate surface area is 261 Å². The number of aromatic nitrogens is 2. The van der Waals surface area contributed by atoms with Gasteiger partial charge >= 0.3 is 6.18 Å². The third-order valence-electron chi connectivity index (χ3n) is 8.62. The second kappa shape index (κ2) is 11.5. The van der Waals surface area contributed by atoms with Gasteiger partial charge in [0.2, 0.25) is 5.95 Å². The average Bonchev–Trinajstić information content (AvgIpc) is 3.75. The van der Waals surface area contributed by atoms with E-state index in [4.69, 9.17) is 4.74 Å². The van der Waals surface area contributed by atoms with Crippen molar-refractivity contribution in [1.29, 1.82) is 0 Å². The van der Waals surface area contributed by atoms with Gasteiger partial charge in [0.25, 0.3) is 5.91 Å². The highest BCUT2D eigenvalue weighted by molar-refractivity contribution is 7.91.